The summed E-state index contributed by atoms with van der Waals surface area (Å²) < 4.78 is 10.6. The van der Waals surface area contributed by atoms with Crippen molar-refractivity contribution in [1.82, 2.24) is 4.98 Å². The number of hydrogen-bond acceptors (Lipinski definition) is 7. The summed E-state index contributed by atoms with van der Waals surface area (Å²) in [6.45, 7) is 1.38. The number of pyridine rings is 1. The number of carbonyl (C=O) groups excluding carboxylic acids is 3. The van der Waals surface area contributed by atoms with Gasteiger partial charge in [-0.2, -0.15) is 0 Å². The third kappa shape index (κ3) is 4.71. The number of Topliss-reactive ketones (excluding diaryl/α,β-unsaturated/α-hetero) is 1. The first kappa shape index (κ1) is 26.0. The number of methoxy groups -OCH3 is 2. The summed E-state index contributed by atoms with van der Waals surface area (Å²) in [5.74, 6) is -2.45. The maximum Gasteiger partial charge on any atom is 0.300 e. The van der Waals surface area contributed by atoms with Crippen molar-refractivity contribution in [3.63, 3.8) is 0 Å². The van der Waals surface area contributed by atoms with Gasteiger partial charge < -0.3 is 19.9 Å². The van der Waals surface area contributed by atoms with Crippen LogP contribution in [0.3, 0.4) is 0 Å². The minimum atomic E-state index is -1.04. The topological polar surface area (TPSA) is 118 Å². The minimum Gasteiger partial charge on any atom is -0.507 e. The summed E-state index contributed by atoms with van der Waals surface area (Å²) in [5, 5.41) is 14.1. The van der Waals surface area contributed by atoms with E-state index in [9.17, 15) is 19.5 Å². The Labute approximate surface area is 222 Å². The van der Waals surface area contributed by atoms with Crippen molar-refractivity contribution in [2.45, 2.75) is 13.0 Å². The molecule has 3 aromatic rings. The number of anilines is 2. The van der Waals surface area contributed by atoms with E-state index in [1.54, 1.807) is 42.6 Å². The molecule has 2 heterocycles. The molecule has 1 atom stereocenters. The molecule has 2 N–H and O–H groups in total. The van der Waals surface area contributed by atoms with E-state index < -0.39 is 23.5 Å². The highest BCUT2D eigenvalue weighted by atomic mass is 35.5. The minimum absolute atomic E-state index is 0.00574. The van der Waals surface area contributed by atoms with E-state index in [1.165, 1.54) is 38.3 Å². The maximum atomic E-state index is 13.4. The highest BCUT2D eigenvalue weighted by Gasteiger charge is 2.47. The molecule has 9 nitrogen and oxygen atoms in total. The second-order valence-corrected chi connectivity index (χ2v) is 8.76. The van der Waals surface area contributed by atoms with Crippen LogP contribution in [0.1, 0.15) is 24.1 Å². The van der Waals surface area contributed by atoms with Crippen molar-refractivity contribution in [2.75, 3.05) is 24.4 Å². The van der Waals surface area contributed by atoms with Gasteiger partial charge in [0.1, 0.15) is 10.8 Å². The zero-order valence-electron chi connectivity index (χ0n) is 19.9. The summed E-state index contributed by atoms with van der Waals surface area (Å²) >= 11 is 12.7. The number of benzene rings is 2. The lowest BCUT2D eigenvalue weighted by molar-refractivity contribution is -0.132. The number of hydrogen-bond donors (Lipinski definition) is 2. The van der Waals surface area contributed by atoms with E-state index in [0.29, 0.717) is 16.9 Å². The molecule has 1 aromatic heterocycles. The quantitative estimate of drug-likeness (QED) is 0.256. The lowest BCUT2D eigenvalue weighted by atomic mass is 9.95. The molecule has 37 heavy (non-hydrogen) atoms. The highest BCUT2D eigenvalue weighted by Crippen LogP contribution is 2.48. The summed E-state index contributed by atoms with van der Waals surface area (Å²) in [5.41, 5.74) is 1.14. The van der Waals surface area contributed by atoms with Crippen molar-refractivity contribution < 1.29 is 29.0 Å². The normalized spacial score (nSPS) is 16.6. The van der Waals surface area contributed by atoms with Crippen LogP contribution >= 0.6 is 23.2 Å². The Morgan fingerprint density at radius 3 is 2.32 bits per heavy atom. The van der Waals surface area contributed by atoms with E-state index in [2.05, 4.69) is 10.3 Å². The van der Waals surface area contributed by atoms with E-state index in [0.717, 1.165) is 0 Å². The van der Waals surface area contributed by atoms with Crippen LogP contribution in [0.5, 0.6) is 11.5 Å². The molecule has 1 unspecified atom stereocenters. The van der Waals surface area contributed by atoms with Crippen molar-refractivity contribution >= 4 is 57.9 Å². The zero-order chi connectivity index (χ0) is 26.9. The van der Waals surface area contributed by atoms with Crippen molar-refractivity contribution in [3.05, 3.63) is 81.6 Å². The molecule has 0 spiro atoms. The smallest absolute Gasteiger partial charge is 0.300 e. The first-order valence-electron chi connectivity index (χ1n) is 10.9. The largest absolute Gasteiger partial charge is 0.507 e. The van der Waals surface area contributed by atoms with E-state index in [-0.39, 0.29) is 38.6 Å². The Kier molecular flexibility index (Phi) is 7.37. The Bertz CT molecular complexity index is 1420. The highest BCUT2D eigenvalue weighted by molar-refractivity contribution is 6.52. The van der Waals surface area contributed by atoms with Gasteiger partial charge in [0, 0.05) is 30.7 Å². The summed E-state index contributed by atoms with van der Waals surface area (Å²) in [7, 11) is 2.70. The Hall–Kier alpha value is -4.08. The molecular formula is C26H21Cl2N3O6. The number of halogens is 2. The Balaban J connectivity index is 1.94. The van der Waals surface area contributed by atoms with Gasteiger partial charge in [-0.05, 0) is 42.0 Å². The fourth-order valence-electron chi connectivity index (χ4n) is 4.15. The molecule has 0 radical (unpaired) electrons. The van der Waals surface area contributed by atoms with Crippen molar-refractivity contribution in [2.24, 2.45) is 0 Å². The third-order valence-electron chi connectivity index (χ3n) is 5.71. The monoisotopic (exact) mass is 541 g/mol. The van der Waals surface area contributed by atoms with E-state index in [4.69, 9.17) is 32.7 Å². The lowest BCUT2D eigenvalue weighted by Crippen LogP contribution is -2.29. The van der Waals surface area contributed by atoms with Gasteiger partial charge >= 0.3 is 0 Å². The van der Waals surface area contributed by atoms with Crippen LogP contribution in [-0.4, -0.2) is 41.9 Å². The van der Waals surface area contributed by atoms with E-state index in [1.807, 2.05) is 0 Å². The molecule has 1 fully saturated rings. The number of rotatable bonds is 6. The number of nitrogens with one attached hydrogen (secondary N) is 1. The molecule has 1 aliphatic rings. The average molecular weight is 542 g/mol. The SMILES string of the molecule is COc1c(Cl)cc(/C(O)=C2\C(=O)C(=O)N(c3ccc(NC(C)=O)cc3)C2c2cccnc2)c(OC)c1Cl. The first-order chi connectivity index (χ1) is 17.7. The molecule has 0 aliphatic carbocycles. The molecule has 1 aliphatic heterocycles. The number of ether oxygens (including phenoxy) is 2. The predicted molar refractivity (Wildman–Crippen MR) is 139 cm³/mol. The van der Waals surface area contributed by atoms with E-state index >= 15 is 0 Å². The van der Waals surface area contributed by atoms with Gasteiger partial charge in [-0.25, -0.2) is 0 Å². The average Bonchev–Trinajstić information content (AvgIpc) is 3.14. The molecule has 2 aromatic carbocycles. The molecule has 0 bridgehead atoms. The number of nitrogens with zero attached hydrogens (tertiary/aromatic N) is 2. The van der Waals surface area contributed by atoms with Crippen molar-refractivity contribution in [1.29, 1.82) is 0 Å². The van der Waals surface area contributed by atoms with Gasteiger partial charge in [0.2, 0.25) is 5.91 Å². The number of amides is 2. The zero-order valence-corrected chi connectivity index (χ0v) is 21.4. The number of aliphatic hydroxyl groups excluding tert-OH is 1. The van der Waals surface area contributed by atoms with Crippen LogP contribution < -0.4 is 19.7 Å². The first-order valence-corrected chi connectivity index (χ1v) is 11.6. The van der Waals surface area contributed by atoms with Crippen LogP contribution in [0.25, 0.3) is 5.76 Å². The van der Waals surface area contributed by atoms with Gasteiger partial charge in [0.25, 0.3) is 11.7 Å². The Morgan fingerprint density at radius 2 is 1.76 bits per heavy atom. The number of carbonyl (C=O) groups is 3. The van der Waals surface area contributed by atoms with Gasteiger partial charge in [-0.3, -0.25) is 24.3 Å². The molecule has 4 rings (SSSR count). The molecule has 2 amide bonds. The number of aromatic nitrogens is 1. The summed E-state index contributed by atoms with van der Waals surface area (Å²) in [4.78, 5) is 43.5. The number of ketones is 1. The third-order valence-corrected chi connectivity index (χ3v) is 6.33. The molecule has 190 valence electrons. The fourth-order valence-corrected chi connectivity index (χ4v) is 4.84. The van der Waals surface area contributed by atoms with Gasteiger partial charge in [0.05, 0.1) is 36.4 Å². The van der Waals surface area contributed by atoms with Crippen LogP contribution in [0.4, 0.5) is 11.4 Å². The molecule has 1 saturated heterocycles. The van der Waals surface area contributed by atoms with Gasteiger partial charge in [-0.15, -0.1) is 0 Å². The van der Waals surface area contributed by atoms with Crippen LogP contribution in [0.2, 0.25) is 10.0 Å². The van der Waals surface area contributed by atoms with Crippen LogP contribution in [0, 0.1) is 0 Å². The standard InChI is InChI=1S/C26H21Cl2N3O6/c1-13(32)30-15-6-8-16(9-7-15)31-21(14-5-4-10-29-12-14)19(23(34)26(31)35)22(33)17-11-18(27)25(37-3)20(28)24(17)36-2/h4-12,21,33H,1-3H3,(H,30,32)/b22-19+. The predicted octanol–water partition coefficient (Wildman–Crippen LogP) is 4.99. The molecular weight excluding hydrogens is 521 g/mol. The maximum absolute atomic E-state index is 13.4. The van der Waals surface area contributed by atoms with Crippen LogP contribution in [-0.2, 0) is 14.4 Å². The van der Waals surface area contributed by atoms with Gasteiger partial charge in [-0.1, -0.05) is 29.3 Å². The second-order valence-electron chi connectivity index (χ2n) is 7.97. The second kappa shape index (κ2) is 10.5. The number of aliphatic hydroxyl groups is 1. The summed E-state index contributed by atoms with van der Waals surface area (Å²) in [6.07, 6.45) is 3.04. The Morgan fingerprint density at radius 1 is 1.08 bits per heavy atom. The molecule has 0 saturated carbocycles. The fraction of sp³-hybridized carbons (Fsp3) is 0.154. The van der Waals surface area contributed by atoms with Crippen LogP contribution in [0.15, 0.2) is 60.4 Å². The van der Waals surface area contributed by atoms with Gasteiger partial charge in [0.15, 0.2) is 11.5 Å². The lowest BCUT2D eigenvalue weighted by Gasteiger charge is -2.25. The summed E-state index contributed by atoms with van der Waals surface area (Å²) in [6, 6.07) is 10.0. The molecule has 11 heteroatoms. The van der Waals surface area contributed by atoms with Crippen molar-refractivity contribution in [3.8, 4) is 11.5 Å².